The molecule has 0 radical (unpaired) electrons. The van der Waals surface area contributed by atoms with E-state index in [1.807, 2.05) is 17.9 Å². The first-order chi connectivity index (χ1) is 16.9. The third-order valence-electron chi connectivity index (χ3n) is 7.60. The summed E-state index contributed by atoms with van der Waals surface area (Å²) in [7, 11) is -1.93. The number of esters is 1. The number of aliphatic hydroxyl groups excluding tert-OH is 1. The number of halogens is 1. The van der Waals surface area contributed by atoms with Crippen LogP contribution in [-0.4, -0.2) is 50.0 Å². The molecule has 0 bridgehead atoms. The number of carbonyl (C=O) groups excluding carboxylic acids is 1. The average molecular weight is 749 g/mol. The molecular formula is C29H47IO5SiSn. The van der Waals surface area contributed by atoms with E-state index in [1.165, 1.54) is 0 Å². The molecule has 2 heterocycles. The average Bonchev–Trinajstić information content (AvgIpc) is 3.33. The van der Waals surface area contributed by atoms with Gasteiger partial charge in [0.15, 0.2) is 0 Å². The summed E-state index contributed by atoms with van der Waals surface area (Å²) in [6.45, 7) is 20.0. The Kier molecular flexibility index (Phi) is 11.4. The molecule has 1 aliphatic heterocycles. The molecular weight excluding hydrogens is 702 g/mol. The summed E-state index contributed by atoms with van der Waals surface area (Å²) in [4.78, 5) is 19.6. The van der Waals surface area contributed by atoms with E-state index in [0.29, 0.717) is 31.4 Å². The molecule has 0 spiro atoms. The predicted octanol–water partition coefficient (Wildman–Crippen LogP) is 7.41. The fourth-order valence-electron chi connectivity index (χ4n) is 3.90. The molecule has 1 aromatic rings. The van der Waals surface area contributed by atoms with Gasteiger partial charge in [-0.15, -0.1) is 0 Å². The number of aliphatic hydroxyl groups is 1. The first-order valence-corrected chi connectivity index (χ1v) is 27.3. The van der Waals surface area contributed by atoms with Crippen LogP contribution in [0, 0.1) is 5.92 Å². The monoisotopic (exact) mass is 750 g/mol. The topological polar surface area (TPSA) is 68.9 Å². The number of cyclic esters (lactones) is 1. The number of hydrogen-bond acceptors (Lipinski definition) is 5. The molecule has 0 amide bonds. The summed E-state index contributed by atoms with van der Waals surface area (Å²) in [6, 6.07) is 2.22. The van der Waals surface area contributed by atoms with Crippen molar-refractivity contribution < 1.29 is 23.5 Å². The van der Waals surface area contributed by atoms with Crippen LogP contribution in [0.25, 0.3) is 0 Å². The molecule has 208 valence electrons. The third kappa shape index (κ3) is 9.08. The molecule has 1 N–H and O–H groups in total. The fraction of sp³-hybridized carbons (Fsp3) is 0.621. The van der Waals surface area contributed by atoms with E-state index >= 15 is 0 Å². The van der Waals surface area contributed by atoms with E-state index < -0.39 is 38.8 Å². The van der Waals surface area contributed by atoms with Crippen molar-refractivity contribution in [1.29, 1.82) is 0 Å². The van der Waals surface area contributed by atoms with Gasteiger partial charge in [0.2, 0.25) is 0 Å². The third-order valence-corrected chi connectivity index (χ3v) is 18.1. The molecule has 0 saturated heterocycles. The fourth-order valence-corrected chi connectivity index (χ4v) is 8.06. The molecule has 37 heavy (non-hydrogen) atoms. The van der Waals surface area contributed by atoms with Crippen LogP contribution in [0.1, 0.15) is 58.8 Å². The van der Waals surface area contributed by atoms with E-state index in [1.54, 1.807) is 6.08 Å². The molecule has 0 aromatic carbocycles. The summed E-state index contributed by atoms with van der Waals surface area (Å²) in [6.07, 6.45) is 2.20. The minimum atomic E-state index is -2.47. The van der Waals surface area contributed by atoms with Crippen molar-refractivity contribution in [1.82, 2.24) is 0 Å². The number of ether oxygens (including phenoxy) is 1. The second-order valence-corrected chi connectivity index (χ2v) is 32.8. The van der Waals surface area contributed by atoms with E-state index in [-0.39, 0.29) is 17.1 Å². The summed E-state index contributed by atoms with van der Waals surface area (Å²) >= 11 is -0.281. The zero-order chi connectivity index (χ0) is 28.3. The Morgan fingerprint density at radius 3 is 2.43 bits per heavy atom. The Bertz CT molecular complexity index is 1040. The van der Waals surface area contributed by atoms with Gasteiger partial charge in [0, 0.05) is 0 Å². The van der Waals surface area contributed by atoms with Crippen molar-refractivity contribution in [2.24, 2.45) is 5.92 Å². The Morgan fingerprint density at radius 1 is 1.30 bits per heavy atom. The Balaban J connectivity index is 2.27. The van der Waals surface area contributed by atoms with Crippen LogP contribution in [0.4, 0.5) is 0 Å². The Morgan fingerprint density at radius 2 is 1.92 bits per heavy atom. The quantitative estimate of drug-likeness (QED) is 0.104. The molecule has 8 heteroatoms. The van der Waals surface area contributed by atoms with Crippen molar-refractivity contribution in [3.05, 3.63) is 50.8 Å². The van der Waals surface area contributed by atoms with Gasteiger partial charge < -0.3 is 0 Å². The summed E-state index contributed by atoms with van der Waals surface area (Å²) in [5, 5.41) is 11.2. The normalized spacial score (nSPS) is 19.0. The van der Waals surface area contributed by atoms with Crippen molar-refractivity contribution in [2.45, 2.75) is 106 Å². The SMILES string of the molecule is C=C(C)[C@H](Cc1o[c]([Sn]([CH3])([CH3])[CH3])cc1CO[Si](C)(C)C(C)(C)C)CC(O)C1=C[C@@H](C/C(C)=C/I)OC1=O. The molecule has 2 rings (SSSR count). The standard InChI is InChI=1S/C26H38IO5Si.3CH3.Sn/c1-17(2)20(12-23(28)22-14-21(32-25(22)29)11-18(3)15-27)13-24-19(9-10-30-24)16-31-33(7,8)26(4,5)6;;;;/h9,14-15,20-21,23,28H,1,11-13,16H2,2-8H3;3*1H3;/b18-15+;;;;/t20-,21+,23?;;;;/m0..../s1. The van der Waals surface area contributed by atoms with E-state index in [9.17, 15) is 9.90 Å². The summed E-state index contributed by atoms with van der Waals surface area (Å²) in [5.41, 5.74) is 3.55. The van der Waals surface area contributed by atoms with Gasteiger partial charge in [-0.2, -0.15) is 0 Å². The van der Waals surface area contributed by atoms with Gasteiger partial charge >= 0.3 is 211 Å². The van der Waals surface area contributed by atoms with E-state index in [4.69, 9.17) is 13.6 Å². The number of hydrogen-bond donors (Lipinski definition) is 1. The van der Waals surface area contributed by atoms with Gasteiger partial charge in [-0.25, -0.2) is 0 Å². The number of rotatable bonds is 12. The first kappa shape index (κ1) is 32.8. The molecule has 0 aliphatic carbocycles. The van der Waals surface area contributed by atoms with Crippen LogP contribution < -0.4 is 3.78 Å². The van der Waals surface area contributed by atoms with Crippen LogP contribution in [0.15, 0.2) is 43.9 Å². The van der Waals surface area contributed by atoms with Gasteiger partial charge in [-0.3, -0.25) is 0 Å². The Labute approximate surface area is 243 Å². The van der Waals surface area contributed by atoms with Crippen molar-refractivity contribution in [3.8, 4) is 0 Å². The van der Waals surface area contributed by atoms with Crippen LogP contribution in [0.2, 0.25) is 33.0 Å². The van der Waals surface area contributed by atoms with E-state index in [0.717, 1.165) is 26.2 Å². The number of carbonyl (C=O) groups is 1. The van der Waals surface area contributed by atoms with Crippen LogP contribution in [-0.2, 0) is 27.0 Å². The molecule has 3 atom stereocenters. The van der Waals surface area contributed by atoms with Gasteiger partial charge in [-0.1, -0.05) is 22.6 Å². The second-order valence-electron chi connectivity index (χ2n) is 13.1. The zero-order valence-electron chi connectivity index (χ0n) is 24.5. The molecule has 1 aromatic heterocycles. The first-order valence-electron chi connectivity index (χ1n) is 13.1. The summed E-state index contributed by atoms with van der Waals surface area (Å²) in [5.74, 6) is 0.452. The molecule has 0 fully saturated rings. The van der Waals surface area contributed by atoms with Crippen molar-refractivity contribution >= 4 is 59.0 Å². The molecule has 0 saturated carbocycles. The van der Waals surface area contributed by atoms with Crippen molar-refractivity contribution in [3.63, 3.8) is 0 Å². The molecule has 5 nitrogen and oxygen atoms in total. The van der Waals surface area contributed by atoms with Crippen LogP contribution >= 0.6 is 22.6 Å². The van der Waals surface area contributed by atoms with Crippen LogP contribution in [0.3, 0.4) is 0 Å². The number of allylic oxidation sites excluding steroid dienone is 1. The molecule has 1 aliphatic rings. The van der Waals surface area contributed by atoms with Gasteiger partial charge in [0.05, 0.1) is 0 Å². The maximum atomic E-state index is 12.5. The van der Waals surface area contributed by atoms with Gasteiger partial charge in [0.1, 0.15) is 0 Å². The van der Waals surface area contributed by atoms with Gasteiger partial charge in [0.25, 0.3) is 0 Å². The van der Waals surface area contributed by atoms with Crippen molar-refractivity contribution in [2.75, 3.05) is 0 Å². The number of furan rings is 1. The zero-order valence-corrected chi connectivity index (χ0v) is 30.5. The van der Waals surface area contributed by atoms with Gasteiger partial charge in [-0.05, 0) is 11.0 Å². The second kappa shape index (κ2) is 12.9. The minimum absolute atomic E-state index is 0.0421. The predicted molar refractivity (Wildman–Crippen MR) is 167 cm³/mol. The maximum absolute atomic E-state index is 12.5. The van der Waals surface area contributed by atoms with Crippen LogP contribution in [0.5, 0.6) is 0 Å². The van der Waals surface area contributed by atoms with E-state index in [2.05, 4.69) is 83.9 Å². The Hall–Kier alpha value is -0.364. The summed E-state index contributed by atoms with van der Waals surface area (Å²) < 4.78 is 21.7. The molecule has 1 unspecified atom stereocenters.